The lowest BCUT2D eigenvalue weighted by Crippen LogP contribution is -2.33. The lowest BCUT2D eigenvalue weighted by atomic mass is 9.94. The van der Waals surface area contributed by atoms with E-state index in [9.17, 15) is 9.59 Å². The van der Waals surface area contributed by atoms with E-state index in [2.05, 4.69) is 36.4 Å². The topological polar surface area (TPSA) is 77.2 Å². The first-order valence-electron chi connectivity index (χ1n) is 12.0. The highest BCUT2D eigenvalue weighted by Crippen LogP contribution is 2.41. The molecule has 0 radical (unpaired) electrons. The summed E-state index contributed by atoms with van der Waals surface area (Å²) in [4.78, 5) is 31.7. The van der Waals surface area contributed by atoms with Crippen molar-refractivity contribution in [3.8, 4) is 11.1 Å². The van der Waals surface area contributed by atoms with Crippen LogP contribution in [0.4, 0.5) is 5.69 Å². The first-order chi connectivity index (χ1) is 16.9. The van der Waals surface area contributed by atoms with Gasteiger partial charge in [0, 0.05) is 40.2 Å². The summed E-state index contributed by atoms with van der Waals surface area (Å²) in [7, 11) is 0. The zero-order valence-corrected chi connectivity index (χ0v) is 21.6. The summed E-state index contributed by atoms with van der Waals surface area (Å²) >= 11 is 3.55. The Morgan fingerprint density at radius 3 is 2.69 bits per heavy atom. The third-order valence-corrected chi connectivity index (χ3v) is 7.36. The average molecular weight is 533 g/mol. The van der Waals surface area contributed by atoms with Gasteiger partial charge in [-0.1, -0.05) is 40.2 Å². The van der Waals surface area contributed by atoms with Gasteiger partial charge in [-0.25, -0.2) is 0 Å². The van der Waals surface area contributed by atoms with Gasteiger partial charge in [-0.05, 0) is 80.7 Å². The maximum Gasteiger partial charge on any atom is 0.256 e. The van der Waals surface area contributed by atoms with Crippen molar-refractivity contribution >= 4 is 45.1 Å². The number of aromatic nitrogens is 1. The minimum absolute atomic E-state index is 0.0776. The number of fused-ring (bicyclic) bond motifs is 1. The van der Waals surface area contributed by atoms with E-state index >= 15 is 0 Å². The molecule has 3 aromatic rings. The number of likely N-dealkylation sites (tertiary alicyclic amines) is 1. The summed E-state index contributed by atoms with van der Waals surface area (Å²) in [6.45, 7) is 7.56. The van der Waals surface area contributed by atoms with Crippen LogP contribution in [0.3, 0.4) is 0 Å². The number of rotatable bonds is 6. The molecule has 1 aromatic heterocycles. The molecule has 1 fully saturated rings. The number of halogens is 1. The normalized spacial score (nSPS) is 16.5. The van der Waals surface area contributed by atoms with E-state index in [1.807, 2.05) is 62.4 Å². The molecule has 6 nitrogen and oxygen atoms in total. The van der Waals surface area contributed by atoms with Crippen molar-refractivity contribution in [1.29, 1.82) is 0 Å². The maximum atomic E-state index is 13.0. The zero-order chi connectivity index (χ0) is 24.5. The Morgan fingerprint density at radius 2 is 1.91 bits per heavy atom. The van der Waals surface area contributed by atoms with Crippen LogP contribution < -0.4 is 10.6 Å². The maximum absolute atomic E-state index is 13.0. The van der Waals surface area contributed by atoms with E-state index in [-0.39, 0.29) is 11.8 Å². The average Bonchev–Trinajstić information content (AvgIpc) is 3.52. The second kappa shape index (κ2) is 9.84. The van der Waals surface area contributed by atoms with Gasteiger partial charge in [0.05, 0.1) is 11.1 Å². The summed E-state index contributed by atoms with van der Waals surface area (Å²) < 4.78 is 0.978. The first kappa shape index (κ1) is 23.6. The van der Waals surface area contributed by atoms with Crippen LogP contribution in [0.5, 0.6) is 0 Å². The third-order valence-electron chi connectivity index (χ3n) is 6.87. The van der Waals surface area contributed by atoms with E-state index in [4.69, 9.17) is 0 Å². The highest BCUT2D eigenvalue weighted by Gasteiger charge is 2.28. The van der Waals surface area contributed by atoms with Crippen LogP contribution in [-0.2, 0) is 4.79 Å². The number of aryl methyl sites for hydroxylation is 1. The molecule has 0 atom stereocenters. The Morgan fingerprint density at radius 1 is 1.14 bits per heavy atom. The summed E-state index contributed by atoms with van der Waals surface area (Å²) in [6.07, 6.45) is 4.34. The number of carbonyl (C=O) groups excluding carboxylic acids is 2. The molecular formula is C28H29BrN4O2. The third kappa shape index (κ3) is 4.70. The number of anilines is 1. The fraction of sp³-hybridized carbons (Fsp3) is 0.286. The number of H-pyrrole nitrogens is 1. The second-order valence-electron chi connectivity index (χ2n) is 9.22. The number of benzene rings is 2. The van der Waals surface area contributed by atoms with Crippen molar-refractivity contribution in [3.05, 3.63) is 75.0 Å². The van der Waals surface area contributed by atoms with Crippen LogP contribution in [-0.4, -0.2) is 47.9 Å². The fourth-order valence-electron chi connectivity index (χ4n) is 5.11. The van der Waals surface area contributed by atoms with Crippen LogP contribution in [0.15, 0.2) is 46.9 Å². The van der Waals surface area contributed by atoms with E-state index in [0.717, 1.165) is 63.4 Å². The van der Waals surface area contributed by atoms with E-state index < -0.39 is 0 Å². The molecule has 1 saturated heterocycles. The van der Waals surface area contributed by atoms with Gasteiger partial charge in [0.15, 0.2) is 0 Å². The number of nitrogens with zero attached hydrogens (tertiary/aromatic N) is 1. The second-order valence-corrected chi connectivity index (χ2v) is 10.1. The zero-order valence-electron chi connectivity index (χ0n) is 20.0. The molecule has 0 unspecified atom stereocenters. The van der Waals surface area contributed by atoms with E-state index in [1.165, 1.54) is 12.8 Å². The molecular weight excluding hydrogens is 504 g/mol. The fourth-order valence-corrected chi connectivity index (χ4v) is 5.51. The van der Waals surface area contributed by atoms with Crippen LogP contribution in [0.1, 0.15) is 45.7 Å². The minimum Gasteiger partial charge on any atom is -0.358 e. The molecule has 0 saturated carbocycles. The summed E-state index contributed by atoms with van der Waals surface area (Å²) in [5, 5.41) is 6.06. The van der Waals surface area contributed by atoms with Crippen molar-refractivity contribution in [2.75, 3.05) is 31.5 Å². The van der Waals surface area contributed by atoms with Crippen LogP contribution in [0.2, 0.25) is 0 Å². The molecule has 0 spiro atoms. The van der Waals surface area contributed by atoms with E-state index in [1.54, 1.807) is 0 Å². The van der Waals surface area contributed by atoms with Gasteiger partial charge in [-0.3, -0.25) is 9.59 Å². The summed E-state index contributed by atoms with van der Waals surface area (Å²) in [5.41, 5.74) is 7.32. The van der Waals surface area contributed by atoms with Crippen molar-refractivity contribution in [2.24, 2.45) is 0 Å². The summed E-state index contributed by atoms with van der Waals surface area (Å²) in [5.74, 6) is -0.225. The van der Waals surface area contributed by atoms with Gasteiger partial charge in [-0.15, -0.1) is 0 Å². The van der Waals surface area contributed by atoms with Crippen LogP contribution in [0.25, 0.3) is 22.8 Å². The molecule has 3 N–H and O–H groups in total. The highest BCUT2D eigenvalue weighted by atomic mass is 79.9. The Kier molecular flexibility index (Phi) is 6.62. The van der Waals surface area contributed by atoms with Gasteiger partial charge in [-0.2, -0.15) is 0 Å². The molecule has 2 aliphatic rings. The molecule has 5 rings (SSSR count). The van der Waals surface area contributed by atoms with Crippen LogP contribution >= 0.6 is 15.9 Å². The van der Waals surface area contributed by atoms with E-state index in [0.29, 0.717) is 17.7 Å². The minimum atomic E-state index is -0.147. The van der Waals surface area contributed by atoms with Gasteiger partial charge in [0.2, 0.25) is 0 Å². The Balaban J connectivity index is 1.45. The van der Waals surface area contributed by atoms with Gasteiger partial charge < -0.3 is 20.5 Å². The van der Waals surface area contributed by atoms with Gasteiger partial charge in [0.1, 0.15) is 0 Å². The van der Waals surface area contributed by atoms with Crippen molar-refractivity contribution in [1.82, 2.24) is 15.2 Å². The molecule has 2 aliphatic heterocycles. The first-order valence-corrected chi connectivity index (χ1v) is 12.8. The van der Waals surface area contributed by atoms with Gasteiger partial charge in [0.25, 0.3) is 11.8 Å². The number of aromatic amines is 1. The molecule has 3 heterocycles. The van der Waals surface area contributed by atoms with Gasteiger partial charge >= 0.3 is 0 Å². The Hall–Kier alpha value is -3.16. The molecule has 35 heavy (non-hydrogen) atoms. The van der Waals surface area contributed by atoms with Crippen molar-refractivity contribution < 1.29 is 9.59 Å². The smallest absolute Gasteiger partial charge is 0.256 e. The SMILES string of the molecule is Cc1[nH]c(C=C2C(=O)Nc3cccc(-c4cccc(Br)c4)c32)c(C)c1C(=O)NCCN1CCCC1. The molecule has 180 valence electrons. The molecule has 2 amide bonds. The lowest BCUT2D eigenvalue weighted by Gasteiger charge is -2.14. The Bertz CT molecular complexity index is 1330. The van der Waals surface area contributed by atoms with Crippen LogP contribution in [0, 0.1) is 13.8 Å². The Labute approximate surface area is 213 Å². The quantitative estimate of drug-likeness (QED) is 0.373. The van der Waals surface area contributed by atoms with Crippen molar-refractivity contribution in [3.63, 3.8) is 0 Å². The monoisotopic (exact) mass is 532 g/mol. The molecule has 2 aromatic carbocycles. The largest absolute Gasteiger partial charge is 0.358 e. The molecule has 0 aliphatic carbocycles. The standard InChI is InChI=1S/C28H29BrN4O2/c1-17-24(31-18(2)25(17)28(35)30-11-14-33-12-3-4-13-33)16-22-26-21(19-7-5-8-20(29)15-19)9-6-10-23(26)32-27(22)34/h5-10,15-16,31H,3-4,11-14H2,1-2H3,(H,30,35)(H,32,34). The highest BCUT2D eigenvalue weighted by molar-refractivity contribution is 9.10. The predicted octanol–water partition coefficient (Wildman–Crippen LogP) is 5.38. The predicted molar refractivity (Wildman–Crippen MR) is 144 cm³/mol. The number of hydrogen-bond acceptors (Lipinski definition) is 3. The van der Waals surface area contributed by atoms with Crippen molar-refractivity contribution in [2.45, 2.75) is 26.7 Å². The molecule has 7 heteroatoms. The number of hydrogen-bond donors (Lipinski definition) is 3. The lowest BCUT2D eigenvalue weighted by molar-refractivity contribution is -0.110. The summed E-state index contributed by atoms with van der Waals surface area (Å²) in [6, 6.07) is 13.9. The molecule has 0 bridgehead atoms. The number of carbonyl (C=O) groups is 2. The number of nitrogens with one attached hydrogen (secondary N) is 3. The number of amides is 2.